The van der Waals surface area contributed by atoms with Gasteiger partial charge in [0.05, 0.1) is 25.4 Å². The highest BCUT2D eigenvalue weighted by atomic mass is 16.5. The van der Waals surface area contributed by atoms with E-state index in [1.807, 2.05) is 18.2 Å². The van der Waals surface area contributed by atoms with Gasteiger partial charge in [-0.25, -0.2) is 4.79 Å². The molecule has 1 aliphatic rings. The summed E-state index contributed by atoms with van der Waals surface area (Å²) < 4.78 is 10.4. The summed E-state index contributed by atoms with van der Waals surface area (Å²) in [5, 5.41) is 0. The molecule has 0 bridgehead atoms. The molecule has 0 saturated carbocycles. The first-order chi connectivity index (χ1) is 9.24. The number of esters is 1. The van der Waals surface area contributed by atoms with Crippen LogP contribution in [0.3, 0.4) is 0 Å². The van der Waals surface area contributed by atoms with Crippen molar-refractivity contribution in [2.45, 2.75) is 12.5 Å². The molecule has 0 amide bonds. The lowest BCUT2D eigenvalue weighted by Gasteiger charge is -2.34. The molecule has 1 unspecified atom stereocenters. The van der Waals surface area contributed by atoms with Crippen LogP contribution >= 0.6 is 0 Å². The lowest BCUT2D eigenvalue weighted by atomic mass is 10.1. The number of anilines is 1. The molecule has 2 rings (SSSR count). The van der Waals surface area contributed by atoms with E-state index in [4.69, 9.17) is 15.2 Å². The molecule has 1 saturated heterocycles. The van der Waals surface area contributed by atoms with Crippen LogP contribution in [0.1, 0.15) is 16.8 Å². The Morgan fingerprint density at radius 3 is 3.16 bits per heavy atom. The molecule has 0 aliphatic carbocycles. The van der Waals surface area contributed by atoms with Gasteiger partial charge in [-0.05, 0) is 31.2 Å². The fourth-order valence-electron chi connectivity index (χ4n) is 2.26. The Morgan fingerprint density at radius 2 is 2.42 bits per heavy atom. The maximum absolute atomic E-state index is 11.5. The molecular formula is C14H20N2O3. The van der Waals surface area contributed by atoms with Gasteiger partial charge in [-0.3, -0.25) is 0 Å². The molecule has 0 aromatic heterocycles. The van der Waals surface area contributed by atoms with Crippen molar-refractivity contribution in [2.75, 3.05) is 38.3 Å². The summed E-state index contributed by atoms with van der Waals surface area (Å²) in [6.07, 6.45) is 1.02. The normalized spacial score (nSPS) is 19.3. The van der Waals surface area contributed by atoms with Crippen LogP contribution in [0, 0.1) is 0 Å². The molecule has 104 valence electrons. The van der Waals surface area contributed by atoms with Crippen LogP contribution in [-0.4, -0.2) is 45.4 Å². The van der Waals surface area contributed by atoms with Gasteiger partial charge in [-0.15, -0.1) is 0 Å². The van der Waals surface area contributed by atoms with E-state index in [-0.39, 0.29) is 12.1 Å². The minimum atomic E-state index is -0.311. The van der Waals surface area contributed by atoms with Crippen LogP contribution in [0.4, 0.5) is 5.69 Å². The van der Waals surface area contributed by atoms with Crippen molar-refractivity contribution in [3.05, 3.63) is 29.8 Å². The SMILES string of the molecule is COC(=O)c1cccc(N2CCOC(CCN)C2)c1. The van der Waals surface area contributed by atoms with Gasteiger partial charge < -0.3 is 20.1 Å². The van der Waals surface area contributed by atoms with Crippen LogP contribution in [0.5, 0.6) is 0 Å². The Hall–Kier alpha value is -1.59. The van der Waals surface area contributed by atoms with Crippen molar-refractivity contribution in [1.29, 1.82) is 0 Å². The zero-order valence-electron chi connectivity index (χ0n) is 11.2. The minimum absolute atomic E-state index is 0.167. The Balaban J connectivity index is 2.10. The highest BCUT2D eigenvalue weighted by Gasteiger charge is 2.20. The van der Waals surface area contributed by atoms with Crippen molar-refractivity contribution < 1.29 is 14.3 Å². The molecule has 2 N–H and O–H groups in total. The number of benzene rings is 1. The van der Waals surface area contributed by atoms with Crippen molar-refractivity contribution >= 4 is 11.7 Å². The first-order valence-electron chi connectivity index (χ1n) is 6.49. The van der Waals surface area contributed by atoms with Crippen molar-refractivity contribution in [3.8, 4) is 0 Å². The lowest BCUT2D eigenvalue weighted by Crippen LogP contribution is -2.43. The maximum Gasteiger partial charge on any atom is 0.337 e. The molecule has 5 nitrogen and oxygen atoms in total. The summed E-state index contributed by atoms with van der Waals surface area (Å²) in [5.74, 6) is -0.311. The fraction of sp³-hybridized carbons (Fsp3) is 0.500. The summed E-state index contributed by atoms with van der Waals surface area (Å²) in [6, 6.07) is 7.48. The van der Waals surface area contributed by atoms with Gasteiger partial charge >= 0.3 is 5.97 Å². The predicted octanol–water partition coefficient (Wildman–Crippen LogP) is 1.03. The van der Waals surface area contributed by atoms with Gasteiger partial charge in [0.2, 0.25) is 0 Å². The summed E-state index contributed by atoms with van der Waals surface area (Å²) in [5.41, 5.74) is 7.16. The van der Waals surface area contributed by atoms with Gasteiger partial charge in [0, 0.05) is 18.8 Å². The van der Waals surface area contributed by atoms with E-state index >= 15 is 0 Å². The number of morpholine rings is 1. The van der Waals surface area contributed by atoms with Crippen molar-refractivity contribution in [2.24, 2.45) is 5.73 Å². The van der Waals surface area contributed by atoms with Crippen LogP contribution in [-0.2, 0) is 9.47 Å². The largest absolute Gasteiger partial charge is 0.465 e. The zero-order valence-corrected chi connectivity index (χ0v) is 11.2. The van der Waals surface area contributed by atoms with E-state index in [0.29, 0.717) is 18.7 Å². The van der Waals surface area contributed by atoms with Crippen molar-refractivity contribution in [3.63, 3.8) is 0 Å². The number of nitrogens with zero attached hydrogens (tertiary/aromatic N) is 1. The topological polar surface area (TPSA) is 64.8 Å². The van der Waals surface area contributed by atoms with Gasteiger partial charge in [0.1, 0.15) is 0 Å². The number of hydrogen-bond donors (Lipinski definition) is 1. The van der Waals surface area contributed by atoms with Crippen LogP contribution in [0.25, 0.3) is 0 Å². The molecule has 1 atom stereocenters. The van der Waals surface area contributed by atoms with Gasteiger partial charge in [-0.2, -0.15) is 0 Å². The number of ether oxygens (including phenoxy) is 2. The smallest absolute Gasteiger partial charge is 0.337 e. The second-order valence-electron chi connectivity index (χ2n) is 4.56. The summed E-state index contributed by atoms with van der Waals surface area (Å²) in [4.78, 5) is 13.8. The van der Waals surface area contributed by atoms with E-state index in [2.05, 4.69) is 4.90 Å². The van der Waals surface area contributed by atoms with Crippen LogP contribution < -0.4 is 10.6 Å². The van der Waals surface area contributed by atoms with Gasteiger partial charge in [-0.1, -0.05) is 6.07 Å². The number of rotatable bonds is 4. The highest BCUT2D eigenvalue weighted by molar-refractivity contribution is 5.90. The second-order valence-corrected chi connectivity index (χ2v) is 4.56. The van der Waals surface area contributed by atoms with Crippen LogP contribution in [0.15, 0.2) is 24.3 Å². The van der Waals surface area contributed by atoms with E-state index in [1.165, 1.54) is 7.11 Å². The molecule has 1 heterocycles. The third-order valence-corrected chi connectivity index (χ3v) is 3.26. The first kappa shape index (κ1) is 13.8. The fourth-order valence-corrected chi connectivity index (χ4v) is 2.26. The summed E-state index contributed by atoms with van der Waals surface area (Å²) in [7, 11) is 1.39. The molecule has 5 heteroatoms. The van der Waals surface area contributed by atoms with E-state index in [9.17, 15) is 4.79 Å². The number of carbonyl (C=O) groups is 1. The third kappa shape index (κ3) is 3.45. The maximum atomic E-state index is 11.5. The quantitative estimate of drug-likeness (QED) is 0.823. The number of carbonyl (C=O) groups excluding carboxylic acids is 1. The Kier molecular flexibility index (Phi) is 4.76. The third-order valence-electron chi connectivity index (χ3n) is 3.26. The van der Waals surface area contributed by atoms with E-state index < -0.39 is 0 Å². The first-order valence-corrected chi connectivity index (χ1v) is 6.49. The minimum Gasteiger partial charge on any atom is -0.465 e. The van der Waals surface area contributed by atoms with Gasteiger partial charge in [0.15, 0.2) is 0 Å². The molecule has 19 heavy (non-hydrogen) atoms. The molecule has 1 aliphatic heterocycles. The van der Waals surface area contributed by atoms with Crippen molar-refractivity contribution in [1.82, 2.24) is 0 Å². The standard InChI is InChI=1S/C14H20N2O3/c1-18-14(17)11-3-2-4-12(9-11)16-7-8-19-13(10-16)5-6-15/h2-4,9,13H,5-8,10,15H2,1H3. The molecule has 1 fully saturated rings. The monoisotopic (exact) mass is 264 g/mol. The van der Waals surface area contributed by atoms with E-state index in [1.54, 1.807) is 6.07 Å². The second kappa shape index (κ2) is 6.54. The Labute approximate surface area is 113 Å². The van der Waals surface area contributed by atoms with E-state index in [0.717, 1.165) is 25.2 Å². The average molecular weight is 264 g/mol. The Bertz CT molecular complexity index is 434. The number of hydrogen-bond acceptors (Lipinski definition) is 5. The predicted molar refractivity (Wildman–Crippen MR) is 73.4 cm³/mol. The highest BCUT2D eigenvalue weighted by Crippen LogP contribution is 2.20. The molecular weight excluding hydrogens is 244 g/mol. The summed E-state index contributed by atoms with van der Waals surface area (Å²) in [6.45, 7) is 2.95. The summed E-state index contributed by atoms with van der Waals surface area (Å²) >= 11 is 0. The average Bonchev–Trinajstić information content (AvgIpc) is 2.47. The molecule has 1 aromatic carbocycles. The number of methoxy groups -OCH3 is 1. The van der Waals surface area contributed by atoms with Crippen LogP contribution in [0.2, 0.25) is 0 Å². The molecule has 1 aromatic rings. The molecule has 0 radical (unpaired) electrons. The molecule has 0 spiro atoms. The zero-order chi connectivity index (χ0) is 13.7. The lowest BCUT2D eigenvalue weighted by molar-refractivity contribution is 0.0369. The Morgan fingerprint density at radius 1 is 1.58 bits per heavy atom. The van der Waals surface area contributed by atoms with Gasteiger partial charge in [0.25, 0.3) is 0 Å². The number of nitrogens with two attached hydrogens (primary N) is 1.